The Morgan fingerprint density at radius 3 is 2.21 bits per heavy atom. The third-order valence-electron chi connectivity index (χ3n) is 4.17. The van der Waals surface area contributed by atoms with E-state index in [2.05, 4.69) is 15.9 Å². The molecule has 1 fully saturated rings. The number of halogens is 1. The molecule has 0 bridgehead atoms. The Balaban J connectivity index is 2.27. The second kappa shape index (κ2) is 4.88. The number of hydrogen-bond acceptors (Lipinski definition) is 3. The van der Waals surface area contributed by atoms with Gasteiger partial charge in [-0.2, -0.15) is 0 Å². The van der Waals surface area contributed by atoms with Crippen molar-refractivity contribution in [2.45, 2.75) is 51.8 Å². The van der Waals surface area contributed by atoms with Crippen LogP contribution in [0.5, 0.6) is 0 Å². The molecule has 104 valence electrons. The highest BCUT2D eigenvalue weighted by Crippen LogP contribution is 2.40. The number of aryl methyl sites for hydroxylation is 1. The lowest BCUT2D eigenvalue weighted by Crippen LogP contribution is -2.41. The SMILES string of the molecule is Cc1ccc(Br)cc1[C@@H](N)B1OC(C)(C)C(C)(C)O1. The molecule has 2 N–H and O–H groups in total. The van der Waals surface area contributed by atoms with Crippen molar-refractivity contribution >= 4 is 23.0 Å². The molecule has 0 amide bonds. The highest BCUT2D eigenvalue weighted by Gasteiger charge is 2.53. The molecular formula is C14H21BBrNO2. The van der Waals surface area contributed by atoms with Gasteiger partial charge in [0.25, 0.3) is 0 Å². The van der Waals surface area contributed by atoms with E-state index in [1.807, 2.05) is 52.8 Å². The van der Waals surface area contributed by atoms with Crippen LogP contribution in [0.1, 0.15) is 44.8 Å². The topological polar surface area (TPSA) is 44.5 Å². The first-order valence-electron chi connectivity index (χ1n) is 6.51. The Labute approximate surface area is 124 Å². The molecule has 0 spiro atoms. The van der Waals surface area contributed by atoms with Crippen LogP contribution >= 0.6 is 15.9 Å². The molecule has 19 heavy (non-hydrogen) atoms. The Hall–Kier alpha value is -0.355. The van der Waals surface area contributed by atoms with E-state index in [-0.39, 0.29) is 17.1 Å². The van der Waals surface area contributed by atoms with Crippen LogP contribution in [0, 0.1) is 6.92 Å². The zero-order valence-corrected chi connectivity index (χ0v) is 13.7. The van der Waals surface area contributed by atoms with Gasteiger partial charge in [-0.15, -0.1) is 0 Å². The van der Waals surface area contributed by atoms with E-state index in [1.165, 1.54) is 0 Å². The molecule has 0 unspecified atom stereocenters. The quantitative estimate of drug-likeness (QED) is 0.848. The van der Waals surface area contributed by atoms with Crippen molar-refractivity contribution in [3.8, 4) is 0 Å². The largest absolute Gasteiger partial charge is 0.480 e. The summed E-state index contributed by atoms with van der Waals surface area (Å²) in [5.41, 5.74) is 7.83. The van der Waals surface area contributed by atoms with E-state index in [0.29, 0.717) is 0 Å². The Morgan fingerprint density at radius 1 is 1.16 bits per heavy atom. The molecular weight excluding hydrogens is 305 g/mol. The highest BCUT2D eigenvalue weighted by atomic mass is 79.9. The number of rotatable bonds is 2. The Kier molecular flexibility index (Phi) is 3.86. The minimum atomic E-state index is -0.419. The minimum absolute atomic E-state index is 0.293. The van der Waals surface area contributed by atoms with Crippen molar-refractivity contribution in [1.82, 2.24) is 0 Å². The fourth-order valence-electron chi connectivity index (χ4n) is 2.15. The lowest BCUT2D eigenvalue weighted by atomic mass is 9.73. The molecule has 2 rings (SSSR count). The second-order valence-corrected chi connectivity index (χ2v) is 7.07. The summed E-state index contributed by atoms with van der Waals surface area (Å²) in [7, 11) is -0.419. The zero-order valence-electron chi connectivity index (χ0n) is 12.2. The summed E-state index contributed by atoms with van der Waals surface area (Å²) in [4.78, 5) is 0. The van der Waals surface area contributed by atoms with Crippen LogP contribution < -0.4 is 5.73 Å². The number of nitrogens with two attached hydrogens (primary N) is 1. The van der Waals surface area contributed by atoms with Crippen molar-refractivity contribution in [1.29, 1.82) is 0 Å². The van der Waals surface area contributed by atoms with Crippen molar-refractivity contribution in [2.75, 3.05) is 0 Å². The summed E-state index contributed by atoms with van der Waals surface area (Å²) < 4.78 is 13.0. The van der Waals surface area contributed by atoms with Gasteiger partial charge in [-0.25, -0.2) is 0 Å². The van der Waals surface area contributed by atoms with E-state index in [0.717, 1.165) is 15.6 Å². The van der Waals surface area contributed by atoms with Gasteiger partial charge in [-0.05, 0) is 57.9 Å². The lowest BCUT2D eigenvalue weighted by molar-refractivity contribution is 0.00578. The zero-order chi connectivity index (χ0) is 14.4. The van der Waals surface area contributed by atoms with Crippen LogP contribution in [-0.4, -0.2) is 18.3 Å². The first kappa shape index (κ1) is 15.0. The second-order valence-electron chi connectivity index (χ2n) is 6.15. The molecule has 1 aliphatic heterocycles. The van der Waals surface area contributed by atoms with Crippen LogP contribution in [0.3, 0.4) is 0 Å². The Bertz CT molecular complexity index is 474. The summed E-state index contributed by atoms with van der Waals surface area (Å²) in [6, 6.07) is 6.09. The van der Waals surface area contributed by atoms with Gasteiger partial charge in [-0.3, -0.25) is 0 Å². The summed E-state index contributed by atoms with van der Waals surface area (Å²) in [5.74, 6) is -0.293. The molecule has 1 saturated heterocycles. The normalized spacial score (nSPS) is 22.6. The fraction of sp³-hybridized carbons (Fsp3) is 0.571. The van der Waals surface area contributed by atoms with Crippen LogP contribution in [-0.2, 0) is 9.31 Å². The molecule has 0 aromatic heterocycles. The van der Waals surface area contributed by atoms with E-state index in [1.54, 1.807) is 0 Å². The Morgan fingerprint density at radius 2 is 1.68 bits per heavy atom. The van der Waals surface area contributed by atoms with Gasteiger partial charge in [0.05, 0.1) is 17.1 Å². The molecule has 5 heteroatoms. The van der Waals surface area contributed by atoms with Gasteiger partial charge in [0.2, 0.25) is 0 Å². The average molecular weight is 326 g/mol. The molecule has 0 radical (unpaired) electrons. The van der Waals surface area contributed by atoms with Crippen LogP contribution in [0.25, 0.3) is 0 Å². The predicted octanol–water partition coefficient (Wildman–Crippen LogP) is 3.39. The standard InChI is InChI=1S/C14H21BBrNO2/c1-9-6-7-10(16)8-11(9)12(17)15-18-13(2,3)14(4,5)19-15/h6-8,12H,17H2,1-5H3/t12-/m1/s1. The maximum Gasteiger partial charge on any atom is 0.480 e. The van der Waals surface area contributed by atoms with Crippen LogP contribution in [0.2, 0.25) is 0 Å². The third-order valence-corrected chi connectivity index (χ3v) is 4.66. The van der Waals surface area contributed by atoms with Crippen LogP contribution in [0.15, 0.2) is 22.7 Å². The van der Waals surface area contributed by atoms with Crippen LogP contribution in [0.4, 0.5) is 0 Å². The molecule has 1 aromatic carbocycles. The van der Waals surface area contributed by atoms with Gasteiger partial charge >= 0.3 is 7.12 Å². The first-order valence-corrected chi connectivity index (χ1v) is 7.31. The lowest BCUT2D eigenvalue weighted by Gasteiger charge is -2.32. The predicted molar refractivity (Wildman–Crippen MR) is 81.9 cm³/mol. The summed E-state index contributed by atoms with van der Waals surface area (Å²) in [6.07, 6.45) is 0. The molecule has 0 saturated carbocycles. The van der Waals surface area contributed by atoms with Crippen molar-refractivity contribution in [2.24, 2.45) is 5.73 Å². The maximum absolute atomic E-state index is 6.34. The summed E-state index contributed by atoms with van der Waals surface area (Å²) >= 11 is 3.48. The van der Waals surface area contributed by atoms with Crippen molar-refractivity contribution < 1.29 is 9.31 Å². The summed E-state index contributed by atoms with van der Waals surface area (Å²) in [6.45, 7) is 10.2. The van der Waals surface area contributed by atoms with Gasteiger partial charge in [-0.1, -0.05) is 22.0 Å². The van der Waals surface area contributed by atoms with Crippen molar-refractivity contribution in [3.63, 3.8) is 0 Å². The number of benzene rings is 1. The van der Waals surface area contributed by atoms with Gasteiger partial charge < -0.3 is 15.0 Å². The molecule has 1 atom stereocenters. The number of hydrogen-bond donors (Lipinski definition) is 1. The summed E-state index contributed by atoms with van der Waals surface area (Å²) in [5, 5.41) is 0. The molecule has 1 aromatic rings. The van der Waals surface area contributed by atoms with Gasteiger partial charge in [0.15, 0.2) is 0 Å². The molecule has 0 aliphatic carbocycles. The molecule has 3 nitrogen and oxygen atoms in total. The van der Waals surface area contributed by atoms with Crippen molar-refractivity contribution in [3.05, 3.63) is 33.8 Å². The van der Waals surface area contributed by atoms with E-state index < -0.39 is 7.12 Å². The average Bonchev–Trinajstić information content (AvgIpc) is 2.51. The fourth-order valence-corrected chi connectivity index (χ4v) is 2.53. The van der Waals surface area contributed by atoms with Gasteiger partial charge in [0.1, 0.15) is 0 Å². The molecule has 1 aliphatic rings. The van der Waals surface area contributed by atoms with Gasteiger partial charge in [0, 0.05) is 4.47 Å². The monoisotopic (exact) mass is 325 g/mol. The molecule has 1 heterocycles. The third kappa shape index (κ3) is 2.75. The maximum atomic E-state index is 6.34. The van der Waals surface area contributed by atoms with E-state index in [4.69, 9.17) is 15.0 Å². The minimum Gasteiger partial charge on any atom is -0.402 e. The van der Waals surface area contributed by atoms with E-state index in [9.17, 15) is 0 Å². The first-order chi connectivity index (χ1) is 8.64. The van der Waals surface area contributed by atoms with E-state index >= 15 is 0 Å². The smallest absolute Gasteiger partial charge is 0.402 e. The highest BCUT2D eigenvalue weighted by molar-refractivity contribution is 9.10.